The van der Waals surface area contributed by atoms with Gasteiger partial charge in [0.1, 0.15) is 11.4 Å². The topological polar surface area (TPSA) is 85.0 Å². The van der Waals surface area contributed by atoms with E-state index in [9.17, 15) is 4.79 Å². The SMILES string of the molecule is Cc1ncc(-c2ccnc(C(C)(C)C(=O)N3CCC3)c2)nc1-c1cc(-c2ccccc2)no1. The number of nitrogens with zero attached hydrogens (tertiary/aromatic N) is 5. The monoisotopic (exact) mass is 439 g/mol. The lowest BCUT2D eigenvalue weighted by Gasteiger charge is -2.37. The zero-order chi connectivity index (χ0) is 23.0. The van der Waals surface area contributed by atoms with E-state index in [1.807, 2.05) is 74.2 Å². The highest BCUT2D eigenvalue weighted by atomic mass is 16.5. The summed E-state index contributed by atoms with van der Waals surface area (Å²) in [6, 6.07) is 15.5. The third-order valence-corrected chi connectivity index (χ3v) is 6.14. The van der Waals surface area contributed by atoms with Crippen LogP contribution < -0.4 is 0 Å². The summed E-state index contributed by atoms with van der Waals surface area (Å²) in [7, 11) is 0. The van der Waals surface area contributed by atoms with Gasteiger partial charge in [-0.1, -0.05) is 35.5 Å². The van der Waals surface area contributed by atoms with Crippen LogP contribution in [0.15, 0.2) is 65.4 Å². The van der Waals surface area contributed by atoms with Crippen LogP contribution in [0.3, 0.4) is 0 Å². The molecule has 1 aliphatic rings. The van der Waals surface area contributed by atoms with Gasteiger partial charge in [-0.3, -0.25) is 14.8 Å². The van der Waals surface area contributed by atoms with Crippen molar-refractivity contribution in [1.29, 1.82) is 0 Å². The Hall–Kier alpha value is -3.87. The number of carbonyl (C=O) groups is 1. The van der Waals surface area contributed by atoms with Gasteiger partial charge in [0, 0.05) is 36.5 Å². The smallest absolute Gasteiger partial charge is 0.234 e. The normalized spacial score (nSPS) is 13.6. The van der Waals surface area contributed by atoms with E-state index >= 15 is 0 Å². The Balaban J connectivity index is 1.48. The fraction of sp³-hybridized carbons (Fsp3) is 0.269. The Morgan fingerprint density at radius 3 is 2.52 bits per heavy atom. The van der Waals surface area contributed by atoms with Crippen molar-refractivity contribution in [2.75, 3.05) is 13.1 Å². The van der Waals surface area contributed by atoms with Gasteiger partial charge in [-0.25, -0.2) is 4.98 Å². The molecule has 0 radical (unpaired) electrons. The molecule has 0 atom stereocenters. The first-order valence-corrected chi connectivity index (χ1v) is 11.1. The van der Waals surface area contributed by atoms with E-state index in [0.29, 0.717) is 22.8 Å². The van der Waals surface area contributed by atoms with E-state index in [2.05, 4.69) is 15.1 Å². The molecule has 33 heavy (non-hydrogen) atoms. The molecule has 0 N–H and O–H groups in total. The molecular formula is C26H25N5O2. The highest BCUT2D eigenvalue weighted by Gasteiger charge is 2.37. The van der Waals surface area contributed by atoms with Crippen molar-refractivity contribution < 1.29 is 9.32 Å². The molecule has 0 aliphatic carbocycles. The average Bonchev–Trinajstić information content (AvgIpc) is 3.29. The first-order chi connectivity index (χ1) is 15.9. The molecule has 4 aromatic rings. The number of likely N-dealkylation sites (tertiary alicyclic amines) is 1. The number of aryl methyl sites for hydroxylation is 1. The molecule has 5 rings (SSSR count). The third kappa shape index (κ3) is 3.91. The van der Waals surface area contributed by atoms with Crippen LogP contribution >= 0.6 is 0 Å². The van der Waals surface area contributed by atoms with Gasteiger partial charge in [-0.2, -0.15) is 0 Å². The Kier molecular flexibility index (Phi) is 5.24. The minimum Gasteiger partial charge on any atom is -0.354 e. The van der Waals surface area contributed by atoms with Crippen LogP contribution in [0.2, 0.25) is 0 Å². The van der Waals surface area contributed by atoms with Crippen molar-refractivity contribution in [2.24, 2.45) is 0 Å². The second kappa shape index (κ2) is 8.24. The van der Waals surface area contributed by atoms with Crippen molar-refractivity contribution in [3.8, 4) is 34.0 Å². The van der Waals surface area contributed by atoms with Crippen molar-refractivity contribution in [1.82, 2.24) is 25.0 Å². The van der Waals surface area contributed by atoms with E-state index in [-0.39, 0.29) is 5.91 Å². The number of hydrogen-bond acceptors (Lipinski definition) is 6. The molecule has 7 heteroatoms. The summed E-state index contributed by atoms with van der Waals surface area (Å²) in [6.07, 6.45) is 4.51. The minimum absolute atomic E-state index is 0.101. The van der Waals surface area contributed by atoms with Crippen LogP contribution in [0.4, 0.5) is 0 Å². The lowest BCUT2D eigenvalue weighted by atomic mass is 9.85. The second-order valence-electron chi connectivity index (χ2n) is 8.83. The molecule has 0 spiro atoms. The summed E-state index contributed by atoms with van der Waals surface area (Å²) >= 11 is 0. The number of aromatic nitrogens is 4. The van der Waals surface area contributed by atoms with Crippen LogP contribution in [-0.2, 0) is 10.2 Å². The predicted octanol–water partition coefficient (Wildman–Crippen LogP) is 4.68. The number of amides is 1. The lowest BCUT2D eigenvalue weighted by Crippen LogP contribution is -2.50. The molecule has 1 saturated heterocycles. The summed E-state index contributed by atoms with van der Waals surface area (Å²) in [5.74, 6) is 0.660. The number of pyridine rings is 1. The summed E-state index contributed by atoms with van der Waals surface area (Å²) in [4.78, 5) is 28.7. The molecule has 3 aromatic heterocycles. The first-order valence-electron chi connectivity index (χ1n) is 11.1. The van der Waals surface area contributed by atoms with Gasteiger partial charge in [0.2, 0.25) is 5.91 Å². The van der Waals surface area contributed by atoms with Crippen molar-refractivity contribution in [2.45, 2.75) is 32.6 Å². The Bertz CT molecular complexity index is 1310. The summed E-state index contributed by atoms with van der Waals surface area (Å²) in [5.41, 5.74) is 4.63. The molecule has 7 nitrogen and oxygen atoms in total. The maximum absolute atomic E-state index is 12.9. The molecule has 4 heterocycles. The number of hydrogen-bond donors (Lipinski definition) is 0. The van der Waals surface area contributed by atoms with Gasteiger partial charge in [0.15, 0.2) is 5.76 Å². The first kappa shape index (κ1) is 21.0. The van der Waals surface area contributed by atoms with Gasteiger partial charge < -0.3 is 9.42 Å². The molecule has 1 aliphatic heterocycles. The third-order valence-electron chi connectivity index (χ3n) is 6.14. The molecule has 1 aromatic carbocycles. The summed E-state index contributed by atoms with van der Waals surface area (Å²) < 4.78 is 5.62. The fourth-order valence-corrected chi connectivity index (χ4v) is 3.91. The van der Waals surface area contributed by atoms with E-state index in [1.54, 1.807) is 12.4 Å². The van der Waals surface area contributed by atoms with E-state index < -0.39 is 5.41 Å². The van der Waals surface area contributed by atoms with Crippen molar-refractivity contribution >= 4 is 5.91 Å². The highest BCUT2D eigenvalue weighted by Crippen LogP contribution is 2.31. The van der Waals surface area contributed by atoms with Crippen molar-refractivity contribution in [3.05, 3.63) is 72.3 Å². The van der Waals surface area contributed by atoms with Crippen LogP contribution in [0.1, 0.15) is 31.7 Å². The lowest BCUT2D eigenvalue weighted by molar-refractivity contribution is -0.139. The zero-order valence-corrected chi connectivity index (χ0v) is 18.9. The maximum atomic E-state index is 12.9. The second-order valence-corrected chi connectivity index (χ2v) is 8.83. The molecule has 0 saturated carbocycles. The van der Waals surface area contributed by atoms with E-state index in [4.69, 9.17) is 9.51 Å². The number of carbonyl (C=O) groups excluding carboxylic acids is 1. The molecule has 1 fully saturated rings. The summed E-state index contributed by atoms with van der Waals surface area (Å²) in [6.45, 7) is 7.37. The highest BCUT2D eigenvalue weighted by molar-refractivity contribution is 5.87. The molecule has 0 unspecified atom stereocenters. The molecular weight excluding hydrogens is 414 g/mol. The standard InChI is InChI=1S/C26H25N5O2/c1-17-24(22-15-20(30-33-22)18-8-5-4-6-9-18)29-21(16-28-17)19-10-11-27-23(14-19)26(2,3)25(32)31-12-7-13-31/h4-6,8-11,14-16H,7,12-13H2,1-3H3. The van der Waals surface area contributed by atoms with Gasteiger partial charge in [-0.05, 0) is 39.3 Å². The van der Waals surface area contributed by atoms with Crippen LogP contribution in [0.25, 0.3) is 34.0 Å². The Morgan fingerprint density at radius 2 is 1.79 bits per heavy atom. The Morgan fingerprint density at radius 1 is 1.00 bits per heavy atom. The number of benzene rings is 1. The predicted molar refractivity (Wildman–Crippen MR) is 125 cm³/mol. The van der Waals surface area contributed by atoms with Gasteiger partial charge >= 0.3 is 0 Å². The average molecular weight is 440 g/mol. The largest absolute Gasteiger partial charge is 0.354 e. The Labute approximate surface area is 192 Å². The molecule has 166 valence electrons. The summed E-state index contributed by atoms with van der Waals surface area (Å²) in [5, 5.41) is 4.21. The van der Waals surface area contributed by atoms with Crippen LogP contribution in [-0.4, -0.2) is 44.0 Å². The zero-order valence-electron chi connectivity index (χ0n) is 18.9. The van der Waals surface area contributed by atoms with E-state index in [1.165, 1.54) is 0 Å². The van der Waals surface area contributed by atoms with Gasteiger partial charge in [0.05, 0.1) is 28.7 Å². The number of rotatable bonds is 5. The molecule has 1 amide bonds. The van der Waals surface area contributed by atoms with Crippen molar-refractivity contribution in [3.63, 3.8) is 0 Å². The quantitative estimate of drug-likeness (QED) is 0.449. The molecule has 0 bridgehead atoms. The maximum Gasteiger partial charge on any atom is 0.234 e. The fourth-order valence-electron chi connectivity index (χ4n) is 3.91. The van der Waals surface area contributed by atoms with Gasteiger partial charge in [0.25, 0.3) is 0 Å². The minimum atomic E-state index is -0.715. The van der Waals surface area contributed by atoms with Gasteiger partial charge in [-0.15, -0.1) is 0 Å². The van der Waals surface area contributed by atoms with Crippen LogP contribution in [0.5, 0.6) is 0 Å². The van der Waals surface area contributed by atoms with Crippen LogP contribution in [0, 0.1) is 6.92 Å². The van der Waals surface area contributed by atoms with E-state index in [0.717, 1.165) is 42.0 Å².